The lowest BCUT2D eigenvalue weighted by Crippen LogP contribution is -2.50. The van der Waals surface area contributed by atoms with Crippen LogP contribution in [-0.2, 0) is 4.79 Å². The Kier molecular flexibility index (Phi) is 9.26. The first-order valence-electron chi connectivity index (χ1n) is 14.9. The number of thioether (sulfide) groups is 1. The number of rotatable bonds is 10. The molecule has 34 heavy (non-hydrogen) atoms. The molecule has 0 spiro atoms. The van der Waals surface area contributed by atoms with E-state index in [1.54, 1.807) is 17.3 Å². The Morgan fingerprint density at radius 2 is 1.79 bits per heavy atom. The molecule has 4 aliphatic carbocycles. The van der Waals surface area contributed by atoms with E-state index in [4.69, 9.17) is 11.6 Å². The lowest BCUT2D eigenvalue weighted by molar-refractivity contribution is -0.110. The third-order valence-corrected chi connectivity index (χ3v) is 12.9. The summed E-state index contributed by atoms with van der Waals surface area (Å²) in [7, 11) is 0. The van der Waals surface area contributed by atoms with Crippen molar-refractivity contribution < 1.29 is 4.79 Å². The molecule has 4 rings (SSSR count). The second kappa shape index (κ2) is 11.6. The minimum Gasteiger partial charge on any atom is -0.286 e. The van der Waals surface area contributed by atoms with Crippen LogP contribution in [-0.4, -0.2) is 15.7 Å². The Labute approximate surface area is 220 Å². The predicted molar refractivity (Wildman–Crippen MR) is 150 cm³/mol. The van der Waals surface area contributed by atoms with E-state index in [1.807, 2.05) is 6.92 Å². The first kappa shape index (κ1) is 27.1. The molecule has 0 unspecified atom stereocenters. The summed E-state index contributed by atoms with van der Waals surface area (Å²) in [5.74, 6) is 3.70. The second-order valence-electron chi connectivity index (χ2n) is 12.8. The zero-order chi connectivity index (χ0) is 24.3. The third kappa shape index (κ3) is 5.34. The molecule has 0 aliphatic heterocycles. The molecule has 0 N–H and O–H groups in total. The Balaban J connectivity index is 1.37. The molecule has 3 saturated carbocycles. The summed E-state index contributed by atoms with van der Waals surface area (Å²) in [6, 6.07) is 0. The van der Waals surface area contributed by atoms with Gasteiger partial charge in [0.15, 0.2) is 0 Å². The number of hydrogen-bond acceptors (Lipinski definition) is 2. The lowest BCUT2D eigenvalue weighted by Gasteiger charge is -2.58. The summed E-state index contributed by atoms with van der Waals surface area (Å²) in [6.07, 6.45) is 24.2. The van der Waals surface area contributed by atoms with Crippen molar-refractivity contribution in [2.24, 2.45) is 34.5 Å². The van der Waals surface area contributed by atoms with Crippen LogP contribution in [0, 0.1) is 34.5 Å². The van der Waals surface area contributed by atoms with Gasteiger partial charge in [0.25, 0.3) is 0 Å². The van der Waals surface area contributed by atoms with Crippen LogP contribution in [0.2, 0.25) is 0 Å². The SMILES string of the molecule is CCCCCCCC[C@@H]1CC[C@@H]2[C@@H]3CC=C4C[C@@H](SC(=O)[C@@H](Cl)CC)CC[C@]4(C)[C@H]3CC[C@]12C. The summed E-state index contributed by atoms with van der Waals surface area (Å²) in [5.41, 5.74) is 2.67. The molecular formula is C31H51ClOS. The molecule has 0 aromatic carbocycles. The van der Waals surface area contributed by atoms with Crippen LogP contribution in [0.3, 0.4) is 0 Å². The van der Waals surface area contributed by atoms with Gasteiger partial charge in [-0.2, -0.15) is 0 Å². The molecule has 0 aromatic heterocycles. The number of carbonyl (C=O) groups excluding carboxylic acids is 1. The average molecular weight is 507 g/mol. The summed E-state index contributed by atoms with van der Waals surface area (Å²) >= 11 is 7.80. The molecule has 0 bridgehead atoms. The van der Waals surface area contributed by atoms with E-state index in [0.717, 1.165) is 36.5 Å². The van der Waals surface area contributed by atoms with Gasteiger partial charge in [0.2, 0.25) is 5.12 Å². The van der Waals surface area contributed by atoms with E-state index in [9.17, 15) is 4.79 Å². The fourth-order valence-electron chi connectivity index (χ4n) is 8.89. The monoisotopic (exact) mass is 506 g/mol. The van der Waals surface area contributed by atoms with Crippen LogP contribution in [0.25, 0.3) is 0 Å². The van der Waals surface area contributed by atoms with Gasteiger partial charge in [0.1, 0.15) is 5.38 Å². The molecule has 0 saturated heterocycles. The molecular weight excluding hydrogens is 456 g/mol. The number of alkyl halides is 1. The van der Waals surface area contributed by atoms with Crippen LogP contribution < -0.4 is 0 Å². The highest BCUT2D eigenvalue weighted by atomic mass is 35.5. The maximum Gasteiger partial charge on any atom is 0.207 e. The number of unbranched alkanes of at least 4 members (excludes halogenated alkanes) is 5. The van der Waals surface area contributed by atoms with Gasteiger partial charge < -0.3 is 0 Å². The Morgan fingerprint density at radius 1 is 1.03 bits per heavy atom. The number of allylic oxidation sites excluding steroid dienone is 2. The summed E-state index contributed by atoms with van der Waals surface area (Å²) < 4.78 is 0. The zero-order valence-corrected chi connectivity index (χ0v) is 24.1. The minimum absolute atomic E-state index is 0.197. The highest BCUT2D eigenvalue weighted by Gasteiger charge is 2.58. The van der Waals surface area contributed by atoms with Gasteiger partial charge >= 0.3 is 0 Å². The molecule has 0 aromatic rings. The summed E-state index contributed by atoms with van der Waals surface area (Å²) in [5, 5.41) is 0.326. The van der Waals surface area contributed by atoms with E-state index in [0.29, 0.717) is 16.1 Å². The van der Waals surface area contributed by atoms with Crippen molar-refractivity contribution in [3.63, 3.8) is 0 Å². The third-order valence-electron chi connectivity index (χ3n) is 11.1. The van der Waals surface area contributed by atoms with E-state index in [-0.39, 0.29) is 10.5 Å². The second-order valence-corrected chi connectivity index (χ2v) is 14.6. The first-order valence-corrected chi connectivity index (χ1v) is 16.2. The van der Waals surface area contributed by atoms with E-state index >= 15 is 0 Å². The van der Waals surface area contributed by atoms with Crippen molar-refractivity contribution in [2.45, 2.75) is 141 Å². The normalized spacial score (nSPS) is 40.1. The van der Waals surface area contributed by atoms with Crippen molar-refractivity contribution in [1.29, 1.82) is 0 Å². The molecule has 8 atom stereocenters. The average Bonchev–Trinajstić information content (AvgIpc) is 3.17. The molecule has 4 aliphatic rings. The van der Waals surface area contributed by atoms with Gasteiger partial charge in [-0.3, -0.25) is 4.79 Å². The highest BCUT2D eigenvalue weighted by molar-refractivity contribution is 8.14. The van der Waals surface area contributed by atoms with Gasteiger partial charge in [-0.05, 0) is 98.7 Å². The van der Waals surface area contributed by atoms with Crippen LogP contribution in [0.15, 0.2) is 11.6 Å². The molecule has 1 nitrogen and oxygen atoms in total. The zero-order valence-electron chi connectivity index (χ0n) is 22.5. The van der Waals surface area contributed by atoms with Crippen molar-refractivity contribution in [3.8, 4) is 0 Å². The maximum absolute atomic E-state index is 12.5. The van der Waals surface area contributed by atoms with Crippen LogP contribution in [0.4, 0.5) is 0 Å². The summed E-state index contributed by atoms with van der Waals surface area (Å²) in [4.78, 5) is 12.5. The predicted octanol–water partition coefficient (Wildman–Crippen LogP) is 9.96. The first-order chi connectivity index (χ1) is 16.3. The van der Waals surface area contributed by atoms with E-state index < -0.39 is 0 Å². The fourth-order valence-corrected chi connectivity index (χ4v) is 10.2. The smallest absolute Gasteiger partial charge is 0.207 e. The van der Waals surface area contributed by atoms with Crippen molar-refractivity contribution in [1.82, 2.24) is 0 Å². The van der Waals surface area contributed by atoms with Gasteiger partial charge in [-0.25, -0.2) is 0 Å². The van der Waals surface area contributed by atoms with E-state index in [2.05, 4.69) is 26.8 Å². The Bertz CT molecular complexity index is 733. The minimum atomic E-state index is -0.314. The van der Waals surface area contributed by atoms with Crippen LogP contribution >= 0.6 is 23.4 Å². The van der Waals surface area contributed by atoms with Gasteiger partial charge in [-0.1, -0.05) is 89.6 Å². The number of fused-ring (bicyclic) bond motifs is 5. The fraction of sp³-hybridized carbons (Fsp3) is 0.903. The summed E-state index contributed by atoms with van der Waals surface area (Å²) in [6.45, 7) is 9.62. The van der Waals surface area contributed by atoms with Crippen molar-refractivity contribution in [2.75, 3.05) is 0 Å². The molecule has 0 radical (unpaired) electrons. The maximum atomic E-state index is 12.5. The molecule has 0 amide bonds. The standard InChI is InChI=1S/C31H51ClOS/c1-5-7-8-9-10-11-12-22-14-16-26-25-15-13-23-21-24(34-29(33)28(32)6-2)17-19-31(23,4)27(25)18-20-30(22,26)3/h13,22,24-28H,5-12,14-21H2,1-4H3/t22-,24+,25+,26-,27+,28+,30-,31+/m1/s1. The largest absolute Gasteiger partial charge is 0.286 e. The Hall–Kier alpha value is 0.0500. The van der Waals surface area contributed by atoms with Crippen LogP contribution in [0.5, 0.6) is 0 Å². The Morgan fingerprint density at radius 3 is 2.56 bits per heavy atom. The molecule has 3 fully saturated rings. The van der Waals surface area contributed by atoms with Gasteiger partial charge in [0, 0.05) is 5.25 Å². The number of carbonyl (C=O) groups is 1. The quantitative estimate of drug-likeness (QED) is 0.166. The lowest BCUT2D eigenvalue weighted by atomic mass is 9.47. The van der Waals surface area contributed by atoms with Gasteiger partial charge in [-0.15, -0.1) is 11.6 Å². The molecule has 194 valence electrons. The van der Waals surface area contributed by atoms with Gasteiger partial charge in [0.05, 0.1) is 0 Å². The van der Waals surface area contributed by atoms with Crippen LogP contribution in [0.1, 0.15) is 130 Å². The van der Waals surface area contributed by atoms with Crippen molar-refractivity contribution >= 4 is 28.5 Å². The van der Waals surface area contributed by atoms with Crippen molar-refractivity contribution in [3.05, 3.63) is 11.6 Å². The molecule has 0 heterocycles. The number of hydrogen-bond donors (Lipinski definition) is 0. The van der Waals surface area contributed by atoms with E-state index in [1.165, 1.54) is 89.9 Å². The topological polar surface area (TPSA) is 17.1 Å². The molecule has 3 heteroatoms. The number of halogens is 1. The highest BCUT2D eigenvalue weighted by Crippen LogP contribution is 2.67.